The fourth-order valence-corrected chi connectivity index (χ4v) is 1.62. The van der Waals surface area contributed by atoms with Crippen LogP contribution in [0.5, 0.6) is 0 Å². The van der Waals surface area contributed by atoms with Gasteiger partial charge in [-0.1, -0.05) is 6.07 Å². The lowest BCUT2D eigenvalue weighted by Crippen LogP contribution is -1.96. The maximum absolute atomic E-state index is 5.68. The van der Waals surface area contributed by atoms with Gasteiger partial charge in [-0.15, -0.1) is 11.6 Å². The summed E-state index contributed by atoms with van der Waals surface area (Å²) in [7, 11) is 0. The Morgan fingerprint density at radius 1 is 1.46 bits per heavy atom. The Hall–Kier alpha value is -1.02. The van der Waals surface area contributed by atoms with Crippen molar-refractivity contribution in [1.29, 1.82) is 0 Å². The van der Waals surface area contributed by atoms with Gasteiger partial charge in [0, 0.05) is 12.4 Å². The number of hydrogen-bond donors (Lipinski definition) is 0. The summed E-state index contributed by atoms with van der Waals surface area (Å²) in [5.74, 6) is 0.624. The second kappa shape index (κ2) is 3.38. The highest BCUT2D eigenvalue weighted by molar-refractivity contribution is 6.17. The van der Waals surface area contributed by atoms with Crippen LogP contribution in [0.4, 0.5) is 0 Å². The normalized spacial score (nSPS) is 10.9. The molecule has 1 aromatic carbocycles. The number of imidazole rings is 1. The SMILES string of the molecule is Cc1ccc2ncn(CCCl)c2c1. The zero-order chi connectivity index (χ0) is 9.26. The Balaban J connectivity index is 2.58. The molecule has 0 fully saturated rings. The predicted octanol–water partition coefficient (Wildman–Crippen LogP) is 2.58. The first kappa shape index (κ1) is 8.57. The maximum Gasteiger partial charge on any atom is 0.0958 e. The molecular weight excluding hydrogens is 184 g/mol. The van der Waals surface area contributed by atoms with E-state index in [1.807, 2.05) is 12.4 Å². The van der Waals surface area contributed by atoms with Crippen molar-refractivity contribution in [2.45, 2.75) is 13.5 Å². The van der Waals surface area contributed by atoms with Crippen molar-refractivity contribution < 1.29 is 0 Å². The number of halogens is 1. The van der Waals surface area contributed by atoms with Gasteiger partial charge in [0.25, 0.3) is 0 Å². The average Bonchev–Trinajstić information content (AvgIpc) is 2.49. The summed E-state index contributed by atoms with van der Waals surface area (Å²) in [4.78, 5) is 4.28. The number of nitrogens with zero attached hydrogens (tertiary/aromatic N) is 2. The fourth-order valence-electron chi connectivity index (χ4n) is 1.44. The van der Waals surface area contributed by atoms with E-state index in [1.165, 1.54) is 11.1 Å². The lowest BCUT2D eigenvalue weighted by atomic mass is 10.2. The molecular formula is C10H11ClN2. The van der Waals surface area contributed by atoms with Crippen LogP contribution in [0.25, 0.3) is 11.0 Å². The molecule has 1 aromatic heterocycles. The van der Waals surface area contributed by atoms with Crippen LogP contribution in [-0.4, -0.2) is 15.4 Å². The highest BCUT2D eigenvalue weighted by Gasteiger charge is 2.00. The van der Waals surface area contributed by atoms with Gasteiger partial charge in [-0.25, -0.2) is 4.98 Å². The van der Waals surface area contributed by atoms with Crippen LogP contribution >= 0.6 is 11.6 Å². The highest BCUT2D eigenvalue weighted by Crippen LogP contribution is 2.14. The van der Waals surface area contributed by atoms with Gasteiger partial charge >= 0.3 is 0 Å². The van der Waals surface area contributed by atoms with Crippen LogP contribution in [0.1, 0.15) is 5.56 Å². The van der Waals surface area contributed by atoms with E-state index < -0.39 is 0 Å². The minimum atomic E-state index is 0.624. The topological polar surface area (TPSA) is 17.8 Å². The first-order valence-electron chi connectivity index (χ1n) is 4.29. The molecule has 0 aliphatic heterocycles. The number of rotatable bonds is 2. The van der Waals surface area contributed by atoms with Crippen LogP contribution in [0.3, 0.4) is 0 Å². The second-order valence-corrected chi connectivity index (χ2v) is 3.50. The van der Waals surface area contributed by atoms with E-state index in [4.69, 9.17) is 11.6 Å². The Labute approximate surface area is 82.1 Å². The number of aromatic nitrogens is 2. The third-order valence-corrected chi connectivity index (χ3v) is 2.27. The van der Waals surface area contributed by atoms with Gasteiger partial charge in [0.15, 0.2) is 0 Å². The standard InChI is InChI=1S/C10H11ClN2/c1-8-2-3-9-10(6-8)13(5-4-11)7-12-9/h2-3,6-7H,4-5H2,1H3. The van der Waals surface area contributed by atoms with Gasteiger partial charge in [0.05, 0.1) is 17.4 Å². The lowest BCUT2D eigenvalue weighted by molar-refractivity contribution is 0.792. The Kier molecular flexibility index (Phi) is 2.23. The number of fused-ring (bicyclic) bond motifs is 1. The van der Waals surface area contributed by atoms with Gasteiger partial charge in [-0.3, -0.25) is 0 Å². The zero-order valence-corrected chi connectivity index (χ0v) is 8.25. The van der Waals surface area contributed by atoms with Crippen molar-refractivity contribution in [1.82, 2.24) is 9.55 Å². The smallest absolute Gasteiger partial charge is 0.0958 e. The van der Waals surface area contributed by atoms with Crippen LogP contribution in [0, 0.1) is 6.92 Å². The summed E-state index contributed by atoms with van der Waals surface area (Å²) < 4.78 is 2.08. The van der Waals surface area contributed by atoms with E-state index in [1.54, 1.807) is 0 Å². The third-order valence-electron chi connectivity index (χ3n) is 2.10. The van der Waals surface area contributed by atoms with Crippen molar-refractivity contribution in [2.75, 3.05) is 5.88 Å². The lowest BCUT2D eigenvalue weighted by Gasteiger charge is -2.00. The van der Waals surface area contributed by atoms with Crippen molar-refractivity contribution in [2.24, 2.45) is 0 Å². The largest absolute Gasteiger partial charge is 0.329 e. The molecule has 0 aliphatic carbocycles. The Morgan fingerprint density at radius 2 is 2.31 bits per heavy atom. The Bertz CT molecular complexity index is 420. The maximum atomic E-state index is 5.68. The summed E-state index contributed by atoms with van der Waals surface area (Å²) in [5, 5.41) is 0. The average molecular weight is 195 g/mol. The molecule has 3 heteroatoms. The number of alkyl halides is 1. The van der Waals surface area contributed by atoms with E-state index in [-0.39, 0.29) is 0 Å². The minimum Gasteiger partial charge on any atom is -0.329 e. The molecule has 0 atom stereocenters. The molecule has 0 N–H and O–H groups in total. The predicted molar refractivity (Wildman–Crippen MR) is 55.2 cm³/mol. The van der Waals surface area contributed by atoms with Gasteiger partial charge in [0.1, 0.15) is 0 Å². The summed E-state index contributed by atoms with van der Waals surface area (Å²) >= 11 is 5.68. The molecule has 0 bridgehead atoms. The summed E-state index contributed by atoms with van der Waals surface area (Å²) in [6.45, 7) is 2.90. The molecule has 0 aliphatic rings. The first-order chi connectivity index (χ1) is 6.31. The van der Waals surface area contributed by atoms with Gasteiger partial charge < -0.3 is 4.57 Å². The van der Waals surface area contributed by atoms with Crippen LogP contribution in [0.15, 0.2) is 24.5 Å². The van der Waals surface area contributed by atoms with E-state index in [0.29, 0.717) is 5.88 Å². The first-order valence-corrected chi connectivity index (χ1v) is 4.82. The molecule has 2 rings (SSSR count). The number of benzene rings is 1. The van der Waals surface area contributed by atoms with Crippen molar-refractivity contribution in [3.8, 4) is 0 Å². The van der Waals surface area contributed by atoms with E-state index >= 15 is 0 Å². The van der Waals surface area contributed by atoms with Crippen LogP contribution in [0.2, 0.25) is 0 Å². The third kappa shape index (κ3) is 1.54. The molecule has 2 aromatic rings. The fraction of sp³-hybridized carbons (Fsp3) is 0.300. The molecule has 0 saturated heterocycles. The molecule has 13 heavy (non-hydrogen) atoms. The second-order valence-electron chi connectivity index (χ2n) is 3.12. The summed E-state index contributed by atoms with van der Waals surface area (Å²) in [6.07, 6.45) is 1.84. The van der Waals surface area contributed by atoms with Gasteiger partial charge in [0.2, 0.25) is 0 Å². The van der Waals surface area contributed by atoms with E-state index in [0.717, 1.165) is 12.1 Å². The summed E-state index contributed by atoms with van der Waals surface area (Å²) in [6, 6.07) is 6.24. The number of hydrogen-bond acceptors (Lipinski definition) is 1. The van der Waals surface area contributed by atoms with Crippen molar-refractivity contribution in [3.63, 3.8) is 0 Å². The molecule has 0 spiro atoms. The van der Waals surface area contributed by atoms with E-state index in [2.05, 4.69) is 28.6 Å². The van der Waals surface area contributed by atoms with Crippen LogP contribution in [-0.2, 0) is 6.54 Å². The monoisotopic (exact) mass is 194 g/mol. The zero-order valence-electron chi connectivity index (χ0n) is 7.50. The van der Waals surface area contributed by atoms with Gasteiger partial charge in [-0.05, 0) is 24.6 Å². The molecule has 0 amide bonds. The summed E-state index contributed by atoms with van der Waals surface area (Å²) in [5.41, 5.74) is 3.46. The molecule has 68 valence electrons. The van der Waals surface area contributed by atoms with Crippen LogP contribution < -0.4 is 0 Å². The quantitative estimate of drug-likeness (QED) is 0.672. The van der Waals surface area contributed by atoms with E-state index in [9.17, 15) is 0 Å². The van der Waals surface area contributed by atoms with Crippen molar-refractivity contribution in [3.05, 3.63) is 30.1 Å². The molecule has 2 nitrogen and oxygen atoms in total. The Morgan fingerprint density at radius 3 is 3.08 bits per heavy atom. The van der Waals surface area contributed by atoms with Crippen molar-refractivity contribution >= 4 is 22.6 Å². The molecule has 0 radical (unpaired) electrons. The molecule has 1 heterocycles. The van der Waals surface area contributed by atoms with Gasteiger partial charge in [-0.2, -0.15) is 0 Å². The minimum absolute atomic E-state index is 0.624. The number of aryl methyl sites for hydroxylation is 2. The molecule has 0 saturated carbocycles. The molecule has 0 unspecified atom stereocenters. The highest BCUT2D eigenvalue weighted by atomic mass is 35.5.